The summed E-state index contributed by atoms with van der Waals surface area (Å²) in [6.07, 6.45) is 6.86. The number of aliphatic carboxylic acids is 1. The van der Waals surface area contributed by atoms with Gasteiger partial charge in [-0.2, -0.15) is 0 Å². The first-order valence-corrected chi connectivity index (χ1v) is 12.2. The minimum Gasteiger partial charge on any atom is -0.481 e. The topological polar surface area (TPSA) is 101 Å². The monoisotopic (exact) mass is 446 g/mol. The Morgan fingerprint density at radius 2 is 1.78 bits per heavy atom. The third-order valence-corrected chi connectivity index (χ3v) is 9.88. The van der Waals surface area contributed by atoms with E-state index < -0.39 is 18.0 Å². The molecule has 4 rings (SSSR count). The van der Waals surface area contributed by atoms with Crippen LogP contribution in [0.15, 0.2) is 11.6 Å². The number of Topliss-reactive ketones (excluding diaryl/α,β-unsaturated/α-hetero) is 1. The standard InChI is InChI=1S/C26H38O6/c1-15(27)18-5-6-20-25(3)11-9-16-13-17(28)10-12-24(16,2)23(25)19(14-26(18,20)4)32-22(31)8-7-21(29)30/h13,17-20,23,28H,5-12,14H2,1-4H3,(H,29,30)/t17?,18-,19?,20+,23-,24+,25+,26-/m1/s1. The van der Waals surface area contributed by atoms with E-state index in [9.17, 15) is 19.5 Å². The summed E-state index contributed by atoms with van der Waals surface area (Å²) in [4.78, 5) is 36.3. The van der Waals surface area contributed by atoms with E-state index in [0.717, 1.165) is 32.1 Å². The second-order valence-corrected chi connectivity index (χ2v) is 11.6. The second kappa shape index (κ2) is 7.96. The molecule has 0 aromatic rings. The molecular weight excluding hydrogens is 408 g/mol. The number of carbonyl (C=O) groups is 3. The number of hydrogen-bond donors (Lipinski definition) is 2. The molecule has 0 heterocycles. The fourth-order valence-corrected chi connectivity index (χ4v) is 8.72. The van der Waals surface area contributed by atoms with Crippen molar-refractivity contribution in [3.05, 3.63) is 11.6 Å². The SMILES string of the molecule is CC(=O)[C@H]1CC[C@@H]2[C@]1(C)CC(OC(=O)CCC(=O)O)[C@H]1[C@@]2(C)CCC2=CC(O)CC[C@@]21C. The van der Waals surface area contributed by atoms with Crippen LogP contribution in [0.1, 0.15) is 85.5 Å². The van der Waals surface area contributed by atoms with Crippen molar-refractivity contribution in [1.29, 1.82) is 0 Å². The number of aliphatic hydroxyl groups excluding tert-OH is 1. The summed E-state index contributed by atoms with van der Waals surface area (Å²) in [5.41, 5.74) is 0.804. The Morgan fingerprint density at radius 1 is 1.06 bits per heavy atom. The number of ether oxygens (including phenoxy) is 1. The molecule has 0 amide bonds. The fourth-order valence-electron chi connectivity index (χ4n) is 8.72. The van der Waals surface area contributed by atoms with Gasteiger partial charge in [0.1, 0.15) is 11.9 Å². The van der Waals surface area contributed by atoms with Crippen LogP contribution in [0.2, 0.25) is 0 Å². The number of ketones is 1. The molecule has 32 heavy (non-hydrogen) atoms. The molecule has 0 aromatic carbocycles. The van der Waals surface area contributed by atoms with Gasteiger partial charge in [0.15, 0.2) is 0 Å². The van der Waals surface area contributed by atoms with E-state index in [2.05, 4.69) is 20.8 Å². The Bertz CT molecular complexity index is 847. The Hall–Kier alpha value is -1.69. The van der Waals surface area contributed by atoms with Gasteiger partial charge in [-0.15, -0.1) is 0 Å². The van der Waals surface area contributed by atoms with Crippen LogP contribution < -0.4 is 0 Å². The van der Waals surface area contributed by atoms with Crippen molar-refractivity contribution in [2.24, 2.45) is 34.0 Å². The van der Waals surface area contributed by atoms with Gasteiger partial charge in [-0.05, 0) is 74.0 Å². The molecule has 3 fully saturated rings. The maximum Gasteiger partial charge on any atom is 0.306 e. The molecule has 0 bridgehead atoms. The quantitative estimate of drug-likeness (QED) is 0.483. The van der Waals surface area contributed by atoms with Crippen LogP contribution in [-0.4, -0.2) is 40.1 Å². The van der Waals surface area contributed by atoms with Gasteiger partial charge < -0.3 is 14.9 Å². The summed E-state index contributed by atoms with van der Waals surface area (Å²) < 4.78 is 6.12. The molecule has 4 aliphatic rings. The predicted octanol–water partition coefficient (Wildman–Crippen LogP) is 4.29. The van der Waals surface area contributed by atoms with Crippen molar-refractivity contribution in [2.45, 2.75) is 97.7 Å². The number of carbonyl (C=O) groups excluding carboxylic acids is 2. The highest BCUT2D eigenvalue weighted by molar-refractivity contribution is 5.80. The minimum absolute atomic E-state index is 0.0246. The van der Waals surface area contributed by atoms with E-state index in [1.807, 2.05) is 6.08 Å². The van der Waals surface area contributed by atoms with Crippen LogP contribution in [-0.2, 0) is 19.1 Å². The highest BCUT2D eigenvalue weighted by Crippen LogP contribution is 2.72. The number of rotatable bonds is 5. The third-order valence-electron chi connectivity index (χ3n) is 9.88. The van der Waals surface area contributed by atoms with Crippen molar-refractivity contribution in [3.8, 4) is 0 Å². The van der Waals surface area contributed by atoms with E-state index in [0.29, 0.717) is 18.8 Å². The van der Waals surface area contributed by atoms with Gasteiger partial charge >= 0.3 is 11.9 Å². The van der Waals surface area contributed by atoms with Crippen LogP contribution in [0.5, 0.6) is 0 Å². The Morgan fingerprint density at radius 3 is 2.44 bits per heavy atom. The molecule has 2 N–H and O–H groups in total. The van der Waals surface area contributed by atoms with Crippen LogP contribution in [0.4, 0.5) is 0 Å². The average Bonchev–Trinajstić information content (AvgIpc) is 3.05. The lowest BCUT2D eigenvalue weighted by Gasteiger charge is -2.65. The number of fused-ring (bicyclic) bond motifs is 5. The molecule has 6 nitrogen and oxygen atoms in total. The number of carboxylic acid groups (broad SMARTS) is 1. The lowest BCUT2D eigenvalue weighted by Crippen LogP contribution is -2.62. The molecule has 3 saturated carbocycles. The van der Waals surface area contributed by atoms with Crippen LogP contribution in [0.3, 0.4) is 0 Å². The van der Waals surface area contributed by atoms with Crippen LogP contribution >= 0.6 is 0 Å². The summed E-state index contributed by atoms with van der Waals surface area (Å²) >= 11 is 0. The van der Waals surface area contributed by atoms with Gasteiger partial charge in [-0.25, -0.2) is 0 Å². The van der Waals surface area contributed by atoms with Gasteiger partial charge in [0.05, 0.1) is 18.9 Å². The lowest BCUT2D eigenvalue weighted by atomic mass is 9.40. The van der Waals surface area contributed by atoms with E-state index in [1.165, 1.54) is 5.57 Å². The van der Waals surface area contributed by atoms with Gasteiger partial charge in [0.25, 0.3) is 0 Å². The molecule has 4 aliphatic carbocycles. The van der Waals surface area contributed by atoms with Crippen molar-refractivity contribution in [1.82, 2.24) is 0 Å². The molecule has 178 valence electrons. The molecule has 8 atom stereocenters. The Kier molecular flexibility index (Phi) is 5.84. The smallest absolute Gasteiger partial charge is 0.306 e. The summed E-state index contributed by atoms with van der Waals surface area (Å²) in [5.74, 6) is -0.797. The zero-order valence-electron chi connectivity index (χ0n) is 19.9. The van der Waals surface area contributed by atoms with Crippen molar-refractivity contribution < 1.29 is 29.3 Å². The number of aliphatic hydroxyl groups is 1. The van der Waals surface area contributed by atoms with Gasteiger partial charge in [-0.1, -0.05) is 32.4 Å². The van der Waals surface area contributed by atoms with Gasteiger partial charge in [0.2, 0.25) is 0 Å². The first kappa shape index (κ1) is 23.5. The zero-order chi connectivity index (χ0) is 23.5. The minimum atomic E-state index is -1.01. The van der Waals surface area contributed by atoms with Crippen LogP contribution in [0, 0.1) is 34.0 Å². The highest BCUT2D eigenvalue weighted by atomic mass is 16.5. The normalized spacial score (nSPS) is 45.2. The Balaban J connectivity index is 1.75. The molecule has 2 unspecified atom stereocenters. The first-order valence-electron chi connectivity index (χ1n) is 12.2. The molecule has 0 spiro atoms. The second-order valence-electron chi connectivity index (χ2n) is 11.6. The molecule has 6 heteroatoms. The fraction of sp³-hybridized carbons (Fsp3) is 0.808. The largest absolute Gasteiger partial charge is 0.481 e. The summed E-state index contributed by atoms with van der Waals surface area (Å²) in [6, 6.07) is 0. The van der Waals surface area contributed by atoms with E-state index in [-0.39, 0.29) is 52.8 Å². The Labute approximate surface area is 190 Å². The molecule has 0 radical (unpaired) electrons. The number of carboxylic acids is 1. The van der Waals surface area contributed by atoms with E-state index >= 15 is 0 Å². The van der Waals surface area contributed by atoms with Crippen LogP contribution in [0.25, 0.3) is 0 Å². The summed E-state index contributed by atoms with van der Waals surface area (Å²) in [5, 5.41) is 19.3. The molecule has 0 saturated heterocycles. The van der Waals surface area contributed by atoms with E-state index in [1.54, 1.807) is 6.92 Å². The summed E-state index contributed by atoms with van der Waals surface area (Å²) in [6.45, 7) is 8.51. The van der Waals surface area contributed by atoms with Gasteiger partial charge in [-0.3, -0.25) is 14.4 Å². The summed E-state index contributed by atoms with van der Waals surface area (Å²) in [7, 11) is 0. The number of esters is 1. The molecular formula is C26H38O6. The number of allylic oxidation sites excluding steroid dienone is 1. The van der Waals surface area contributed by atoms with Gasteiger partial charge in [0, 0.05) is 11.8 Å². The molecule has 0 aromatic heterocycles. The lowest BCUT2D eigenvalue weighted by molar-refractivity contribution is -0.200. The first-order chi connectivity index (χ1) is 14.9. The maximum absolute atomic E-state index is 12.7. The van der Waals surface area contributed by atoms with Crippen molar-refractivity contribution in [3.63, 3.8) is 0 Å². The number of hydrogen-bond acceptors (Lipinski definition) is 5. The van der Waals surface area contributed by atoms with Crippen molar-refractivity contribution in [2.75, 3.05) is 0 Å². The van der Waals surface area contributed by atoms with E-state index in [4.69, 9.17) is 9.84 Å². The molecule has 0 aliphatic heterocycles. The predicted molar refractivity (Wildman–Crippen MR) is 119 cm³/mol. The average molecular weight is 447 g/mol. The maximum atomic E-state index is 12.7. The third kappa shape index (κ3) is 3.53. The van der Waals surface area contributed by atoms with Crippen molar-refractivity contribution >= 4 is 17.7 Å². The highest BCUT2D eigenvalue weighted by Gasteiger charge is 2.68. The zero-order valence-corrected chi connectivity index (χ0v) is 19.9.